The number of guanidine groups is 1. The van der Waals surface area contributed by atoms with Gasteiger partial charge in [-0.25, -0.2) is 4.98 Å². The van der Waals surface area contributed by atoms with Gasteiger partial charge in [0.25, 0.3) is 0 Å². The molecule has 142 valence electrons. The van der Waals surface area contributed by atoms with Gasteiger partial charge >= 0.3 is 0 Å². The summed E-state index contributed by atoms with van der Waals surface area (Å²) >= 11 is 0. The summed E-state index contributed by atoms with van der Waals surface area (Å²) < 4.78 is 8.03. The van der Waals surface area contributed by atoms with Gasteiger partial charge in [0.15, 0.2) is 5.96 Å². The van der Waals surface area contributed by atoms with Gasteiger partial charge in [0, 0.05) is 39.8 Å². The fourth-order valence-electron chi connectivity index (χ4n) is 3.72. The largest absolute Gasteiger partial charge is 0.378 e. The fraction of sp³-hybridized carbons (Fsp3) is 0.600. The number of rotatable bonds is 6. The second-order valence-corrected chi connectivity index (χ2v) is 6.77. The lowest BCUT2D eigenvalue weighted by Crippen LogP contribution is -2.47. The highest BCUT2D eigenvalue weighted by Crippen LogP contribution is 2.16. The second kappa shape index (κ2) is 9.03. The molecule has 0 radical (unpaired) electrons. The third-order valence-electron chi connectivity index (χ3n) is 5.04. The van der Waals surface area contributed by atoms with Crippen molar-refractivity contribution in [1.82, 2.24) is 19.8 Å². The normalized spacial score (nSPS) is 16.4. The highest BCUT2D eigenvalue weighted by Gasteiger charge is 2.21. The number of para-hydroxylation sites is 2. The summed E-state index contributed by atoms with van der Waals surface area (Å²) in [7, 11) is 1.87. The number of piperidine rings is 1. The van der Waals surface area contributed by atoms with Gasteiger partial charge in [0.2, 0.25) is 0 Å². The molecule has 1 aromatic carbocycles. The van der Waals surface area contributed by atoms with E-state index in [1.54, 1.807) is 0 Å². The van der Waals surface area contributed by atoms with Crippen LogP contribution in [0.5, 0.6) is 0 Å². The molecular formula is C20H31N5O. The molecule has 1 fully saturated rings. The number of nitrogens with zero attached hydrogens (tertiary/aromatic N) is 4. The first-order valence-corrected chi connectivity index (χ1v) is 9.72. The zero-order chi connectivity index (χ0) is 18.4. The number of aliphatic imine (C=N–C) groups is 1. The number of benzene rings is 1. The van der Waals surface area contributed by atoms with Gasteiger partial charge in [-0.05, 0) is 45.2 Å². The number of aromatic nitrogens is 2. The summed E-state index contributed by atoms with van der Waals surface area (Å²) in [6.07, 6.45) is 3.60. The van der Waals surface area contributed by atoms with E-state index in [2.05, 4.69) is 56.8 Å². The van der Waals surface area contributed by atoms with Crippen LogP contribution >= 0.6 is 0 Å². The molecular weight excluding hydrogens is 326 g/mol. The van der Waals surface area contributed by atoms with E-state index in [0.29, 0.717) is 6.10 Å². The van der Waals surface area contributed by atoms with Gasteiger partial charge in [-0.1, -0.05) is 12.1 Å². The van der Waals surface area contributed by atoms with Crippen LogP contribution < -0.4 is 5.32 Å². The first kappa shape index (κ1) is 18.7. The number of hydrogen-bond donors (Lipinski definition) is 1. The molecule has 6 heteroatoms. The van der Waals surface area contributed by atoms with Crippen LogP contribution in [0.15, 0.2) is 29.3 Å². The molecule has 1 N–H and O–H groups in total. The maximum Gasteiger partial charge on any atom is 0.193 e. The topological polar surface area (TPSA) is 54.7 Å². The SMILES string of the molecule is CCOC1CCN(C(=NC)NCCCn2c(C)nc3ccccc32)CC1. The minimum absolute atomic E-state index is 0.409. The third kappa shape index (κ3) is 4.36. The molecule has 1 aliphatic heterocycles. The van der Waals surface area contributed by atoms with E-state index in [4.69, 9.17) is 4.74 Å². The van der Waals surface area contributed by atoms with Crippen molar-refractivity contribution in [2.45, 2.75) is 45.8 Å². The van der Waals surface area contributed by atoms with Crippen molar-refractivity contribution in [2.75, 3.05) is 33.3 Å². The molecule has 0 unspecified atom stereocenters. The van der Waals surface area contributed by atoms with E-state index in [9.17, 15) is 0 Å². The lowest BCUT2D eigenvalue weighted by atomic mass is 10.1. The minimum atomic E-state index is 0.409. The molecule has 1 aromatic heterocycles. The maximum atomic E-state index is 5.74. The van der Waals surface area contributed by atoms with Crippen molar-refractivity contribution in [3.8, 4) is 0 Å². The van der Waals surface area contributed by atoms with Crippen LogP contribution in [0.2, 0.25) is 0 Å². The first-order valence-electron chi connectivity index (χ1n) is 9.72. The molecule has 0 amide bonds. The van der Waals surface area contributed by atoms with E-state index in [-0.39, 0.29) is 0 Å². The summed E-state index contributed by atoms with van der Waals surface area (Å²) in [5.74, 6) is 2.08. The predicted molar refractivity (Wildman–Crippen MR) is 107 cm³/mol. The molecule has 1 saturated heterocycles. The van der Waals surface area contributed by atoms with Crippen LogP contribution in [0.25, 0.3) is 11.0 Å². The number of likely N-dealkylation sites (tertiary alicyclic amines) is 1. The fourth-order valence-corrected chi connectivity index (χ4v) is 3.72. The van der Waals surface area contributed by atoms with Crippen LogP contribution in [0, 0.1) is 6.92 Å². The van der Waals surface area contributed by atoms with Gasteiger partial charge in [0.05, 0.1) is 17.1 Å². The van der Waals surface area contributed by atoms with Crippen LogP contribution in [-0.2, 0) is 11.3 Å². The predicted octanol–water partition coefficient (Wildman–Crippen LogP) is 2.81. The quantitative estimate of drug-likeness (QED) is 0.491. The summed E-state index contributed by atoms with van der Waals surface area (Å²) in [5, 5.41) is 3.52. The summed E-state index contributed by atoms with van der Waals surface area (Å²) in [5.41, 5.74) is 2.29. The summed E-state index contributed by atoms with van der Waals surface area (Å²) in [6, 6.07) is 8.33. The maximum absolute atomic E-state index is 5.74. The average molecular weight is 358 g/mol. The van der Waals surface area contributed by atoms with Crippen molar-refractivity contribution in [3.05, 3.63) is 30.1 Å². The highest BCUT2D eigenvalue weighted by atomic mass is 16.5. The smallest absolute Gasteiger partial charge is 0.193 e. The Morgan fingerprint density at radius 1 is 1.31 bits per heavy atom. The van der Waals surface area contributed by atoms with Crippen molar-refractivity contribution in [2.24, 2.45) is 4.99 Å². The molecule has 0 atom stereocenters. The van der Waals surface area contributed by atoms with Crippen molar-refractivity contribution < 1.29 is 4.74 Å². The number of hydrogen-bond acceptors (Lipinski definition) is 3. The zero-order valence-corrected chi connectivity index (χ0v) is 16.2. The highest BCUT2D eigenvalue weighted by molar-refractivity contribution is 5.80. The molecule has 1 aliphatic rings. The molecule has 0 spiro atoms. The van der Waals surface area contributed by atoms with E-state index in [1.165, 1.54) is 5.52 Å². The molecule has 2 aromatic rings. The lowest BCUT2D eigenvalue weighted by molar-refractivity contribution is 0.0264. The van der Waals surface area contributed by atoms with E-state index in [0.717, 1.165) is 69.3 Å². The van der Waals surface area contributed by atoms with Crippen molar-refractivity contribution in [1.29, 1.82) is 0 Å². The van der Waals surface area contributed by atoms with Crippen LogP contribution in [0.3, 0.4) is 0 Å². The Hall–Kier alpha value is -2.08. The van der Waals surface area contributed by atoms with E-state index >= 15 is 0 Å². The molecule has 0 saturated carbocycles. The average Bonchev–Trinajstić information content (AvgIpc) is 2.98. The summed E-state index contributed by atoms with van der Waals surface area (Å²) in [6.45, 7) is 8.84. The monoisotopic (exact) mass is 357 g/mol. The first-order chi connectivity index (χ1) is 12.7. The molecule has 0 bridgehead atoms. The van der Waals surface area contributed by atoms with E-state index in [1.807, 2.05) is 13.1 Å². The molecule has 6 nitrogen and oxygen atoms in total. The Morgan fingerprint density at radius 2 is 2.08 bits per heavy atom. The Labute approximate surface area is 156 Å². The van der Waals surface area contributed by atoms with Gasteiger partial charge in [-0.15, -0.1) is 0 Å². The third-order valence-corrected chi connectivity index (χ3v) is 5.04. The summed E-state index contributed by atoms with van der Waals surface area (Å²) in [4.78, 5) is 11.4. The Bertz CT molecular complexity index is 731. The minimum Gasteiger partial charge on any atom is -0.378 e. The Morgan fingerprint density at radius 3 is 2.81 bits per heavy atom. The Kier molecular flexibility index (Phi) is 6.50. The Balaban J connectivity index is 1.47. The number of nitrogens with one attached hydrogen (secondary N) is 1. The molecule has 3 rings (SSSR count). The van der Waals surface area contributed by atoms with Crippen LogP contribution in [-0.4, -0.2) is 59.8 Å². The van der Waals surface area contributed by atoms with Gasteiger partial charge < -0.3 is 19.5 Å². The second-order valence-electron chi connectivity index (χ2n) is 6.77. The molecule has 26 heavy (non-hydrogen) atoms. The molecule has 2 heterocycles. The van der Waals surface area contributed by atoms with Crippen molar-refractivity contribution >= 4 is 17.0 Å². The number of aryl methyl sites for hydroxylation is 2. The zero-order valence-electron chi connectivity index (χ0n) is 16.2. The molecule has 0 aliphatic carbocycles. The number of fused-ring (bicyclic) bond motifs is 1. The van der Waals surface area contributed by atoms with Crippen molar-refractivity contribution in [3.63, 3.8) is 0 Å². The van der Waals surface area contributed by atoms with Gasteiger partial charge in [-0.3, -0.25) is 4.99 Å². The standard InChI is InChI=1S/C20H31N5O/c1-4-26-17-10-14-24(15-11-17)20(21-3)22-12-7-13-25-16(2)23-18-8-5-6-9-19(18)25/h5-6,8-9,17H,4,7,10-15H2,1-3H3,(H,21,22). The van der Waals surface area contributed by atoms with Crippen LogP contribution in [0.4, 0.5) is 0 Å². The van der Waals surface area contributed by atoms with E-state index < -0.39 is 0 Å². The lowest BCUT2D eigenvalue weighted by Gasteiger charge is -2.34. The van der Waals surface area contributed by atoms with Gasteiger partial charge in [-0.2, -0.15) is 0 Å². The van der Waals surface area contributed by atoms with Gasteiger partial charge in [0.1, 0.15) is 5.82 Å². The number of ether oxygens (including phenoxy) is 1. The van der Waals surface area contributed by atoms with Crippen LogP contribution in [0.1, 0.15) is 32.0 Å². The number of imidazole rings is 1.